The lowest BCUT2D eigenvalue weighted by Crippen LogP contribution is -2.23. The number of nitrogens with zero attached hydrogens (tertiary/aromatic N) is 3. The Bertz CT molecular complexity index is 891. The number of amides is 1. The lowest BCUT2D eigenvalue weighted by Gasteiger charge is -2.04. The van der Waals surface area contributed by atoms with Crippen molar-refractivity contribution in [2.45, 2.75) is 13.2 Å². The number of carbonyl (C=O) groups excluding carboxylic acids is 1. The van der Waals surface area contributed by atoms with E-state index in [4.69, 9.17) is 9.15 Å². The Morgan fingerprint density at radius 3 is 3.00 bits per heavy atom. The van der Waals surface area contributed by atoms with Crippen LogP contribution in [0.25, 0.3) is 0 Å². The summed E-state index contributed by atoms with van der Waals surface area (Å²) < 4.78 is 38.4. The summed E-state index contributed by atoms with van der Waals surface area (Å²) >= 11 is 0. The SMILES string of the molecule is Cn1cc(CNC(=O)c2coc(COc3cccc(F)c3F)n2)cn1. The van der Waals surface area contributed by atoms with Crippen LogP contribution in [0.1, 0.15) is 21.9 Å². The zero-order valence-corrected chi connectivity index (χ0v) is 13.2. The van der Waals surface area contributed by atoms with E-state index in [1.807, 2.05) is 0 Å². The Morgan fingerprint density at radius 2 is 2.24 bits per heavy atom. The zero-order valence-electron chi connectivity index (χ0n) is 13.2. The van der Waals surface area contributed by atoms with Gasteiger partial charge in [-0.05, 0) is 12.1 Å². The van der Waals surface area contributed by atoms with E-state index in [-0.39, 0.29) is 23.9 Å². The van der Waals surface area contributed by atoms with Crippen LogP contribution in [-0.2, 0) is 20.2 Å². The Kier molecular flexibility index (Phi) is 4.73. The first kappa shape index (κ1) is 16.6. The van der Waals surface area contributed by atoms with Gasteiger partial charge in [0.15, 0.2) is 23.9 Å². The summed E-state index contributed by atoms with van der Waals surface area (Å²) in [5.41, 5.74) is 0.895. The maximum Gasteiger partial charge on any atom is 0.273 e. The first-order valence-electron chi connectivity index (χ1n) is 7.30. The van der Waals surface area contributed by atoms with Crippen LogP contribution in [0.5, 0.6) is 5.75 Å². The molecule has 0 unspecified atom stereocenters. The number of aryl methyl sites for hydroxylation is 1. The Labute approximate surface area is 141 Å². The summed E-state index contributed by atoms with van der Waals surface area (Å²) in [6.07, 6.45) is 4.57. The molecule has 0 saturated carbocycles. The number of hydrogen-bond donors (Lipinski definition) is 1. The fourth-order valence-corrected chi connectivity index (χ4v) is 2.05. The second-order valence-corrected chi connectivity index (χ2v) is 5.17. The van der Waals surface area contributed by atoms with Crippen molar-refractivity contribution in [1.29, 1.82) is 0 Å². The average Bonchev–Trinajstić information content (AvgIpc) is 3.23. The Balaban J connectivity index is 1.56. The van der Waals surface area contributed by atoms with Gasteiger partial charge in [0.05, 0.1) is 6.20 Å². The van der Waals surface area contributed by atoms with Crippen LogP contribution >= 0.6 is 0 Å². The minimum absolute atomic E-state index is 0.0576. The molecule has 1 N–H and O–H groups in total. The van der Waals surface area contributed by atoms with E-state index in [1.54, 1.807) is 24.1 Å². The lowest BCUT2D eigenvalue weighted by atomic mass is 10.3. The van der Waals surface area contributed by atoms with Gasteiger partial charge in [-0.3, -0.25) is 9.48 Å². The van der Waals surface area contributed by atoms with Gasteiger partial charge in [0, 0.05) is 25.4 Å². The van der Waals surface area contributed by atoms with E-state index in [0.717, 1.165) is 11.6 Å². The molecule has 0 atom stereocenters. The molecule has 7 nitrogen and oxygen atoms in total. The third kappa shape index (κ3) is 4.00. The van der Waals surface area contributed by atoms with Crippen LogP contribution in [-0.4, -0.2) is 20.7 Å². The summed E-state index contributed by atoms with van der Waals surface area (Å²) in [4.78, 5) is 16.0. The van der Waals surface area contributed by atoms with Crippen LogP contribution in [0, 0.1) is 11.6 Å². The summed E-state index contributed by atoms with van der Waals surface area (Å²) in [7, 11) is 1.77. The van der Waals surface area contributed by atoms with Crippen molar-refractivity contribution < 1.29 is 22.7 Å². The van der Waals surface area contributed by atoms with Crippen molar-refractivity contribution >= 4 is 5.91 Å². The van der Waals surface area contributed by atoms with Crippen LogP contribution in [0.4, 0.5) is 8.78 Å². The van der Waals surface area contributed by atoms with Gasteiger partial charge in [0.2, 0.25) is 11.7 Å². The van der Waals surface area contributed by atoms with E-state index < -0.39 is 17.5 Å². The van der Waals surface area contributed by atoms with E-state index in [0.29, 0.717) is 6.54 Å². The standard InChI is InChI=1S/C16H14F2N4O3/c1-22-7-10(6-20-22)5-19-16(23)12-8-25-14(21-12)9-24-13-4-2-3-11(17)15(13)18/h2-4,6-8H,5,9H2,1H3,(H,19,23). The van der Waals surface area contributed by atoms with E-state index in [9.17, 15) is 13.6 Å². The molecule has 1 amide bonds. The second-order valence-electron chi connectivity index (χ2n) is 5.17. The van der Waals surface area contributed by atoms with E-state index >= 15 is 0 Å². The minimum atomic E-state index is -1.09. The molecule has 1 aromatic carbocycles. The number of hydrogen-bond acceptors (Lipinski definition) is 5. The summed E-state index contributed by atoms with van der Waals surface area (Å²) in [6, 6.07) is 3.58. The molecule has 0 aliphatic heterocycles. The molecule has 0 bridgehead atoms. The molecule has 3 aromatic rings. The maximum absolute atomic E-state index is 13.5. The molecule has 2 aromatic heterocycles. The Hall–Kier alpha value is -3.23. The zero-order chi connectivity index (χ0) is 17.8. The van der Waals surface area contributed by atoms with Crippen LogP contribution in [0.3, 0.4) is 0 Å². The topological polar surface area (TPSA) is 82.2 Å². The largest absolute Gasteiger partial charge is 0.481 e. The quantitative estimate of drug-likeness (QED) is 0.738. The highest BCUT2D eigenvalue weighted by molar-refractivity contribution is 5.91. The van der Waals surface area contributed by atoms with Gasteiger partial charge < -0.3 is 14.5 Å². The number of aromatic nitrogens is 3. The van der Waals surface area contributed by atoms with Gasteiger partial charge in [-0.1, -0.05) is 6.07 Å². The number of halogens is 2. The molecule has 9 heteroatoms. The summed E-state index contributed by atoms with van der Waals surface area (Å²) in [5, 5.41) is 6.66. The predicted molar refractivity (Wildman–Crippen MR) is 81.6 cm³/mol. The van der Waals surface area contributed by atoms with Crippen molar-refractivity contribution in [2.75, 3.05) is 0 Å². The van der Waals surface area contributed by atoms with Crippen molar-refractivity contribution in [3.05, 3.63) is 65.6 Å². The third-order valence-corrected chi connectivity index (χ3v) is 3.26. The molecule has 0 spiro atoms. The fourth-order valence-electron chi connectivity index (χ4n) is 2.05. The van der Waals surface area contributed by atoms with Crippen LogP contribution in [0.15, 0.2) is 41.3 Å². The van der Waals surface area contributed by atoms with Crippen molar-refractivity contribution in [3.63, 3.8) is 0 Å². The fraction of sp³-hybridized carbons (Fsp3) is 0.188. The molecule has 130 valence electrons. The monoisotopic (exact) mass is 348 g/mol. The lowest BCUT2D eigenvalue weighted by molar-refractivity contribution is 0.0946. The Morgan fingerprint density at radius 1 is 1.40 bits per heavy atom. The smallest absolute Gasteiger partial charge is 0.273 e. The average molecular weight is 348 g/mol. The molecule has 0 aliphatic carbocycles. The normalized spacial score (nSPS) is 10.7. The summed E-state index contributed by atoms with van der Waals surface area (Å²) in [5.74, 6) is -2.74. The first-order valence-corrected chi connectivity index (χ1v) is 7.30. The highest BCUT2D eigenvalue weighted by atomic mass is 19.2. The molecule has 0 saturated heterocycles. The van der Waals surface area contributed by atoms with Gasteiger partial charge >= 0.3 is 0 Å². The molecule has 0 aliphatic rings. The number of carbonyl (C=O) groups is 1. The number of ether oxygens (including phenoxy) is 1. The maximum atomic E-state index is 13.5. The number of benzene rings is 1. The van der Waals surface area contributed by atoms with Gasteiger partial charge in [-0.15, -0.1) is 0 Å². The van der Waals surface area contributed by atoms with Crippen LogP contribution < -0.4 is 10.1 Å². The third-order valence-electron chi connectivity index (χ3n) is 3.26. The van der Waals surface area contributed by atoms with Gasteiger partial charge in [-0.25, -0.2) is 9.37 Å². The van der Waals surface area contributed by atoms with Gasteiger partial charge in [-0.2, -0.15) is 9.49 Å². The highest BCUT2D eigenvalue weighted by Gasteiger charge is 2.14. The number of rotatable bonds is 6. The van der Waals surface area contributed by atoms with Gasteiger partial charge in [0.25, 0.3) is 5.91 Å². The molecule has 0 fully saturated rings. The van der Waals surface area contributed by atoms with E-state index in [2.05, 4.69) is 15.4 Å². The first-order chi connectivity index (χ1) is 12.0. The molecular formula is C16H14F2N4O3. The molecule has 0 radical (unpaired) electrons. The van der Waals surface area contributed by atoms with Gasteiger partial charge in [0.1, 0.15) is 6.26 Å². The van der Waals surface area contributed by atoms with Crippen molar-refractivity contribution in [2.24, 2.45) is 7.05 Å². The van der Waals surface area contributed by atoms with E-state index in [1.165, 1.54) is 18.4 Å². The van der Waals surface area contributed by atoms with Crippen LogP contribution in [0.2, 0.25) is 0 Å². The number of nitrogens with one attached hydrogen (secondary N) is 1. The van der Waals surface area contributed by atoms with Crippen molar-refractivity contribution in [3.8, 4) is 5.75 Å². The second kappa shape index (κ2) is 7.12. The molecule has 25 heavy (non-hydrogen) atoms. The van der Waals surface area contributed by atoms with Crippen molar-refractivity contribution in [1.82, 2.24) is 20.1 Å². The minimum Gasteiger partial charge on any atom is -0.481 e. The molecule has 3 rings (SSSR count). The molecule has 2 heterocycles. The molecular weight excluding hydrogens is 334 g/mol. The number of oxazole rings is 1. The predicted octanol–water partition coefficient (Wildman–Crippen LogP) is 2.20. The summed E-state index contributed by atoms with van der Waals surface area (Å²) in [6.45, 7) is 0.0517. The highest BCUT2D eigenvalue weighted by Crippen LogP contribution is 2.20.